The van der Waals surface area contributed by atoms with Crippen LogP contribution in [0.5, 0.6) is 0 Å². The number of nitrogens with two attached hydrogens (primary N) is 1. The number of furan rings is 1. The molecule has 2 unspecified atom stereocenters. The Balaban J connectivity index is 1.84. The average molecular weight is 272 g/mol. The fraction of sp³-hybridized carbons (Fsp3) is 0.529. The van der Waals surface area contributed by atoms with Crippen molar-refractivity contribution in [3.05, 3.63) is 36.1 Å². The average Bonchev–Trinajstić information content (AvgIpc) is 2.91. The first kappa shape index (κ1) is 13.7. The number of para-hydroxylation sites is 1. The number of nitrogens with zero attached hydrogens (tertiary/aromatic N) is 1. The van der Waals surface area contributed by atoms with E-state index in [0.29, 0.717) is 12.1 Å². The van der Waals surface area contributed by atoms with Crippen LogP contribution in [-0.4, -0.2) is 24.0 Å². The van der Waals surface area contributed by atoms with Crippen LogP contribution in [0, 0.1) is 0 Å². The number of rotatable bonds is 4. The molecule has 1 fully saturated rings. The van der Waals surface area contributed by atoms with Gasteiger partial charge in [-0.25, -0.2) is 0 Å². The minimum atomic E-state index is 0.333. The number of hydrogen-bond acceptors (Lipinski definition) is 3. The zero-order valence-corrected chi connectivity index (χ0v) is 12.2. The molecule has 3 heteroatoms. The molecule has 1 aromatic heterocycles. The smallest absolute Gasteiger partial charge is 0.134 e. The van der Waals surface area contributed by atoms with E-state index in [4.69, 9.17) is 10.2 Å². The normalized spacial score (nSPS) is 22.2. The van der Waals surface area contributed by atoms with E-state index in [1.54, 1.807) is 0 Å². The van der Waals surface area contributed by atoms with Crippen LogP contribution >= 0.6 is 0 Å². The van der Waals surface area contributed by atoms with Gasteiger partial charge in [-0.2, -0.15) is 0 Å². The van der Waals surface area contributed by atoms with Crippen LogP contribution in [0.2, 0.25) is 0 Å². The molecule has 1 aromatic carbocycles. The Kier molecular flexibility index (Phi) is 4.08. The van der Waals surface area contributed by atoms with E-state index >= 15 is 0 Å². The fourth-order valence-corrected chi connectivity index (χ4v) is 3.41. The van der Waals surface area contributed by atoms with Crippen LogP contribution in [0.1, 0.15) is 44.4 Å². The number of hydrogen-bond donors (Lipinski definition) is 1. The van der Waals surface area contributed by atoms with Crippen LogP contribution in [0.25, 0.3) is 11.0 Å². The molecule has 1 aliphatic rings. The zero-order chi connectivity index (χ0) is 13.9. The molecule has 0 bridgehead atoms. The Morgan fingerprint density at radius 3 is 3.00 bits per heavy atom. The molecule has 1 saturated heterocycles. The summed E-state index contributed by atoms with van der Waals surface area (Å²) in [5.74, 6) is 1.08. The van der Waals surface area contributed by atoms with Crippen LogP contribution in [0.3, 0.4) is 0 Å². The third-order valence-corrected chi connectivity index (χ3v) is 4.53. The van der Waals surface area contributed by atoms with Gasteiger partial charge in [0.15, 0.2) is 0 Å². The van der Waals surface area contributed by atoms with Crippen molar-refractivity contribution in [2.24, 2.45) is 5.73 Å². The van der Waals surface area contributed by atoms with E-state index in [1.807, 2.05) is 12.1 Å². The lowest BCUT2D eigenvalue weighted by molar-refractivity contribution is 0.0880. The van der Waals surface area contributed by atoms with Gasteiger partial charge in [0, 0.05) is 11.4 Å². The largest absolute Gasteiger partial charge is 0.459 e. The molecule has 2 atom stereocenters. The molecule has 2 N–H and O–H groups in total. The first-order chi connectivity index (χ1) is 9.79. The molecule has 2 aromatic rings. The number of piperidine rings is 1. The van der Waals surface area contributed by atoms with Crippen molar-refractivity contribution in [2.75, 3.05) is 13.1 Å². The molecule has 2 heterocycles. The van der Waals surface area contributed by atoms with Crippen LogP contribution < -0.4 is 5.73 Å². The van der Waals surface area contributed by atoms with E-state index in [1.165, 1.54) is 24.6 Å². The van der Waals surface area contributed by atoms with Crippen molar-refractivity contribution in [1.82, 2.24) is 4.90 Å². The first-order valence-corrected chi connectivity index (χ1v) is 7.74. The van der Waals surface area contributed by atoms with Crippen LogP contribution in [0.4, 0.5) is 0 Å². The standard InChI is InChI=1S/C17H24N2O/c1-13(19-11-5-4-7-15(19)9-10-18)17-12-14-6-2-3-8-16(14)20-17/h2-3,6,8,12-13,15H,4-5,7,9-11,18H2,1H3. The van der Waals surface area contributed by atoms with E-state index in [2.05, 4.69) is 30.0 Å². The Hall–Kier alpha value is -1.32. The second-order valence-electron chi connectivity index (χ2n) is 5.83. The zero-order valence-electron chi connectivity index (χ0n) is 12.2. The van der Waals surface area contributed by atoms with E-state index in [9.17, 15) is 0 Å². The van der Waals surface area contributed by atoms with Crippen molar-refractivity contribution in [3.8, 4) is 0 Å². The Morgan fingerprint density at radius 2 is 2.20 bits per heavy atom. The summed E-state index contributed by atoms with van der Waals surface area (Å²) >= 11 is 0. The van der Waals surface area contributed by atoms with Crippen molar-refractivity contribution >= 4 is 11.0 Å². The van der Waals surface area contributed by atoms with Gasteiger partial charge in [-0.05, 0) is 51.4 Å². The Morgan fingerprint density at radius 1 is 1.35 bits per heavy atom. The van der Waals surface area contributed by atoms with Gasteiger partial charge in [-0.3, -0.25) is 4.90 Å². The second kappa shape index (κ2) is 5.98. The first-order valence-electron chi connectivity index (χ1n) is 7.74. The summed E-state index contributed by atoms with van der Waals surface area (Å²) in [6.45, 7) is 4.18. The Labute approximate surface area is 120 Å². The third kappa shape index (κ3) is 2.60. The molecule has 0 aliphatic carbocycles. The summed E-state index contributed by atoms with van der Waals surface area (Å²) in [5.41, 5.74) is 6.76. The highest BCUT2D eigenvalue weighted by Crippen LogP contribution is 2.32. The number of benzene rings is 1. The summed E-state index contributed by atoms with van der Waals surface area (Å²) in [5, 5.41) is 1.20. The highest BCUT2D eigenvalue weighted by Gasteiger charge is 2.28. The monoisotopic (exact) mass is 272 g/mol. The minimum absolute atomic E-state index is 0.333. The predicted molar refractivity (Wildman–Crippen MR) is 82.6 cm³/mol. The van der Waals surface area contributed by atoms with Gasteiger partial charge in [0.2, 0.25) is 0 Å². The molecular formula is C17H24N2O. The van der Waals surface area contributed by atoms with E-state index < -0.39 is 0 Å². The highest BCUT2D eigenvalue weighted by atomic mass is 16.3. The summed E-state index contributed by atoms with van der Waals surface area (Å²) in [6, 6.07) is 11.4. The molecule has 0 radical (unpaired) electrons. The lowest BCUT2D eigenvalue weighted by Gasteiger charge is -2.39. The van der Waals surface area contributed by atoms with Crippen LogP contribution in [0.15, 0.2) is 34.7 Å². The van der Waals surface area contributed by atoms with Gasteiger partial charge in [0.1, 0.15) is 11.3 Å². The number of likely N-dealkylation sites (tertiary alicyclic amines) is 1. The van der Waals surface area contributed by atoms with Crippen molar-refractivity contribution in [2.45, 2.75) is 44.7 Å². The number of fused-ring (bicyclic) bond motifs is 1. The van der Waals surface area contributed by atoms with Crippen LogP contribution in [-0.2, 0) is 0 Å². The highest BCUT2D eigenvalue weighted by molar-refractivity contribution is 5.77. The maximum atomic E-state index is 6.04. The van der Waals surface area contributed by atoms with Gasteiger partial charge in [0.05, 0.1) is 6.04 Å². The summed E-state index contributed by atoms with van der Waals surface area (Å²) in [6.07, 6.45) is 4.96. The molecule has 3 rings (SSSR count). The molecule has 1 aliphatic heterocycles. The summed E-state index contributed by atoms with van der Waals surface area (Å²) in [4.78, 5) is 2.58. The maximum absolute atomic E-state index is 6.04. The van der Waals surface area contributed by atoms with Crippen molar-refractivity contribution < 1.29 is 4.42 Å². The Bertz CT molecular complexity index is 528. The molecule has 108 valence electrons. The molecule has 0 spiro atoms. The second-order valence-corrected chi connectivity index (χ2v) is 5.83. The minimum Gasteiger partial charge on any atom is -0.459 e. The molecule has 20 heavy (non-hydrogen) atoms. The SMILES string of the molecule is CC(c1cc2ccccc2o1)N1CCCCC1CCN. The van der Waals surface area contributed by atoms with Crippen molar-refractivity contribution in [3.63, 3.8) is 0 Å². The van der Waals surface area contributed by atoms with Gasteiger partial charge >= 0.3 is 0 Å². The van der Waals surface area contributed by atoms with Gasteiger partial charge in [0.25, 0.3) is 0 Å². The molecular weight excluding hydrogens is 248 g/mol. The van der Waals surface area contributed by atoms with Crippen molar-refractivity contribution in [1.29, 1.82) is 0 Å². The van der Waals surface area contributed by atoms with E-state index in [-0.39, 0.29) is 0 Å². The predicted octanol–water partition coefficient (Wildman–Crippen LogP) is 3.70. The topological polar surface area (TPSA) is 42.4 Å². The summed E-state index contributed by atoms with van der Waals surface area (Å²) in [7, 11) is 0. The lowest BCUT2D eigenvalue weighted by atomic mass is 9.97. The van der Waals surface area contributed by atoms with Gasteiger partial charge < -0.3 is 10.2 Å². The molecule has 3 nitrogen and oxygen atoms in total. The van der Waals surface area contributed by atoms with E-state index in [0.717, 1.165) is 30.9 Å². The quantitative estimate of drug-likeness (QED) is 0.923. The lowest BCUT2D eigenvalue weighted by Crippen LogP contribution is -2.42. The fourth-order valence-electron chi connectivity index (χ4n) is 3.41. The third-order valence-electron chi connectivity index (χ3n) is 4.53. The van der Waals surface area contributed by atoms with Gasteiger partial charge in [-0.15, -0.1) is 0 Å². The molecule has 0 amide bonds. The summed E-state index contributed by atoms with van der Waals surface area (Å²) < 4.78 is 6.04. The van der Waals surface area contributed by atoms with Gasteiger partial charge in [-0.1, -0.05) is 24.6 Å². The molecule has 0 saturated carbocycles. The maximum Gasteiger partial charge on any atom is 0.134 e.